The lowest BCUT2D eigenvalue weighted by molar-refractivity contribution is 0.717. The molecule has 1 aromatic heterocycles. The molecule has 0 spiro atoms. The number of benzene rings is 1. The minimum atomic E-state index is 0.209. The molecular weight excluding hydrogens is 328 g/mol. The maximum absolute atomic E-state index is 5.93. The molecule has 98 valence electrons. The fraction of sp³-hybridized carbons (Fsp3) is 0.231. The monoisotopic (exact) mass is 338 g/mol. The number of nitrogen functional groups attached to an aromatic ring is 1. The molecule has 6 heteroatoms. The molecule has 0 atom stereocenters. The summed E-state index contributed by atoms with van der Waals surface area (Å²) in [6.45, 7) is 1.69. The Morgan fingerprint density at radius 3 is 2.95 bits per heavy atom. The van der Waals surface area contributed by atoms with Crippen molar-refractivity contribution in [1.82, 2.24) is 9.97 Å². The smallest absolute Gasteiger partial charge is 0.223 e. The van der Waals surface area contributed by atoms with Crippen LogP contribution in [-0.2, 0) is 13.0 Å². The van der Waals surface area contributed by atoms with Crippen LogP contribution in [0.25, 0.3) is 0 Å². The van der Waals surface area contributed by atoms with Crippen molar-refractivity contribution in [2.24, 2.45) is 0 Å². The van der Waals surface area contributed by atoms with Crippen LogP contribution in [0.5, 0.6) is 0 Å². The molecule has 1 aromatic carbocycles. The number of hydrogen-bond donors (Lipinski definition) is 1. The predicted octanol–water partition coefficient (Wildman–Crippen LogP) is 3.04. The van der Waals surface area contributed by atoms with Gasteiger partial charge in [-0.1, -0.05) is 39.7 Å². The summed E-state index contributed by atoms with van der Waals surface area (Å²) in [5, 5.41) is 0.375. The number of nitrogens with zero attached hydrogens (tertiary/aromatic N) is 3. The van der Waals surface area contributed by atoms with Crippen LogP contribution in [0.15, 0.2) is 28.7 Å². The van der Waals surface area contributed by atoms with E-state index in [-0.39, 0.29) is 5.95 Å². The molecule has 0 unspecified atom stereocenters. The van der Waals surface area contributed by atoms with Gasteiger partial charge in [0, 0.05) is 23.6 Å². The van der Waals surface area contributed by atoms with Crippen LogP contribution in [0.3, 0.4) is 0 Å². The van der Waals surface area contributed by atoms with Gasteiger partial charge in [-0.3, -0.25) is 0 Å². The lowest BCUT2D eigenvalue weighted by Crippen LogP contribution is -2.31. The Labute approximate surface area is 124 Å². The molecule has 3 rings (SSSR count). The molecule has 0 radical (unpaired) electrons. The Hall–Kier alpha value is -1.33. The van der Waals surface area contributed by atoms with Gasteiger partial charge in [0.1, 0.15) is 11.0 Å². The van der Waals surface area contributed by atoms with E-state index in [0.29, 0.717) is 5.15 Å². The summed E-state index contributed by atoms with van der Waals surface area (Å²) in [5.74, 6) is 0.985. The lowest BCUT2D eigenvalue weighted by Gasteiger charge is -2.30. The van der Waals surface area contributed by atoms with Crippen molar-refractivity contribution < 1.29 is 0 Å². The van der Waals surface area contributed by atoms with Gasteiger partial charge in [0.15, 0.2) is 0 Å². The molecule has 0 aliphatic carbocycles. The quantitative estimate of drug-likeness (QED) is 0.811. The highest BCUT2D eigenvalue weighted by Crippen LogP contribution is 2.29. The van der Waals surface area contributed by atoms with Crippen LogP contribution >= 0.6 is 27.5 Å². The van der Waals surface area contributed by atoms with Crippen molar-refractivity contribution in [3.8, 4) is 0 Å². The molecule has 1 aliphatic heterocycles. The molecular formula is C13H12BrClN4. The van der Waals surface area contributed by atoms with Gasteiger partial charge in [-0.2, -0.15) is 4.98 Å². The van der Waals surface area contributed by atoms with Crippen LogP contribution in [0.2, 0.25) is 5.15 Å². The fourth-order valence-corrected chi connectivity index (χ4v) is 3.04. The Morgan fingerprint density at radius 1 is 1.32 bits per heavy atom. The second-order valence-electron chi connectivity index (χ2n) is 4.46. The number of anilines is 2. The van der Waals surface area contributed by atoms with Crippen molar-refractivity contribution in [2.75, 3.05) is 17.2 Å². The van der Waals surface area contributed by atoms with Gasteiger partial charge >= 0.3 is 0 Å². The van der Waals surface area contributed by atoms with Crippen molar-refractivity contribution in [2.45, 2.75) is 13.0 Å². The van der Waals surface area contributed by atoms with Crippen LogP contribution in [0.4, 0.5) is 11.8 Å². The van der Waals surface area contributed by atoms with E-state index in [4.69, 9.17) is 17.3 Å². The minimum Gasteiger partial charge on any atom is -0.368 e. The molecule has 2 heterocycles. The second-order valence-corrected chi connectivity index (χ2v) is 5.70. The van der Waals surface area contributed by atoms with E-state index in [1.54, 1.807) is 6.07 Å². The second kappa shape index (κ2) is 4.98. The Bertz CT molecular complexity index is 612. The van der Waals surface area contributed by atoms with Gasteiger partial charge in [0.25, 0.3) is 0 Å². The zero-order chi connectivity index (χ0) is 13.4. The molecule has 0 fully saturated rings. The Kier molecular flexibility index (Phi) is 3.33. The normalized spacial score (nSPS) is 14.3. The van der Waals surface area contributed by atoms with Crippen molar-refractivity contribution in [3.05, 3.63) is 45.0 Å². The highest BCUT2D eigenvalue weighted by atomic mass is 79.9. The van der Waals surface area contributed by atoms with Crippen LogP contribution in [0.1, 0.15) is 11.1 Å². The maximum atomic E-state index is 5.93. The van der Waals surface area contributed by atoms with Crippen LogP contribution in [0, 0.1) is 0 Å². The first-order valence-corrected chi connectivity index (χ1v) is 7.12. The van der Waals surface area contributed by atoms with E-state index >= 15 is 0 Å². The number of halogens is 2. The summed E-state index contributed by atoms with van der Waals surface area (Å²) in [5.41, 5.74) is 8.32. The van der Waals surface area contributed by atoms with Gasteiger partial charge in [-0.05, 0) is 23.6 Å². The molecule has 0 saturated heterocycles. The summed E-state index contributed by atoms with van der Waals surface area (Å²) in [4.78, 5) is 10.3. The average molecular weight is 340 g/mol. The standard InChI is InChI=1S/C13H12BrClN4/c14-10-3-1-2-8-4-5-19(7-9(8)10)12-6-11(15)17-13(16)18-12/h1-3,6H,4-5,7H2,(H2,16,17,18). The molecule has 2 N–H and O–H groups in total. The van der Waals surface area contributed by atoms with E-state index in [1.165, 1.54) is 11.1 Å². The largest absolute Gasteiger partial charge is 0.368 e. The van der Waals surface area contributed by atoms with Gasteiger partial charge in [-0.25, -0.2) is 4.98 Å². The van der Waals surface area contributed by atoms with Gasteiger partial charge in [0.2, 0.25) is 5.95 Å². The molecule has 1 aliphatic rings. The van der Waals surface area contributed by atoms with Gasteiger partial charge < -0.3 is 10.6 Å². The molecule has 0 bridgehead atoms. The number of aromatic nitrogens is 2. The molecule has 0 amide bonds. The third-order valence-corrected chi connectivity index (χ3v) is 4.18. The number of fused-ring (bicyclic) bond motifs is 1. The third kappa shape index (κ3) is 2.53. The van der Waals surface area contributed by atoms with E-state index in [9.17, 15) is 0 Å². The Balaban J connectivity index is 1.95. The van der Waals surface area contributed by atoms with Crippen LogP contribution in [-0.4, -0.2) is 16.5 Å². The van der Waals surface area contributed by atoms with E-state index in [0.717, 1.165) is 29.8 Å². The first kappa shape index (κ1) is 12.7. The van der Waals surface area contributed by atoms with E-state index in [2.05, 4.69) is 49.0 Å². The van der Waals surface area contributed by atoms with Crippen molar-refractivity contribution in [3.63, 3.8) is 0 Å². The average Bonchev–Trinajstić information content (AvgIpc) is 2.38. The number of hydrogen-bond acceptors (Lipinski definition) is 4. The first-order chi connectivity index (χ1) is 9.13. The molecule has 0 saturated carbocycles. The van der Waals surface area contributed by atoms with E-state index in [1.807, 2.05) is 0 Å². The van der Waals surface area contributed by atoms with Crippen LogP contribution < -0.4 is 10.6 Å². The Morgan fingerprint density at radius 2 is 2.16 bits per heavy atom. The topological polar surface area (TPSA) is 55.0 Å². The summed E-state index contributed by atoms with van der Waals surface area (Å²) in [7, 11) is 0. The zero-order valence-electron chi connectivity index (χ0n) is 10.1. The first-order valence-electron chi connectivity index (χ1n) is 5.95. The SMILES string of the molecule is Nc1nc(Cl)cc(N2CCc3cccc(Br)c3C2)n1. The number of nitrogens with two attached hydrogens (primary N) is 1. The minimum absolute atomic E-state index is 0.209. The molecule has 2 aromatic rings. The summed E-state index contributed by atoms with van der Waals surface area (Å²) in [6, 6.07) is 8.04. The fourth-order valence-electron chi connectivity index (χ4n) is 2.32. The van der Waals surface area contributed by atoms with Gasteiger partial charge in [0.05, 0.1) is 0 Å². The highest BCUT2D eigenvalue weighted by molar-refractivity contribution is 9.10. The highest BCUT2D eigenvalue weighted by Gasteiger charge is 2.20. The number of rotatable bonds is 1. The summed E-state index contributed by atoms with van der Waals surface area (Å²) < 4.78 is 1.13. The maximum Gasteiger partial charge on any atom is 0.223 e. The predicted molar refractivity (Wildman–Crippen MR) is 80.4 cm³/mol. The molecule has 4 nitrogen and oxygen atoms in total. The van der Waals surface area contributed by atoms with Gasteiger partial charge in [-0.15, -0.1) is 0 Å². The molecule has 19 heavy (non-hydrogen) atoms. The summed E-state index contributed by atoms with van der Waals surface area (Å²) >= 11 is 9.53. The summed E-state index contributed by atoms with van der Waals surface area (Å²) in [6.07, 6.45) is 0.982. The van der Waals surface area contributed by atoms with Crippen molar-refractivity contribution >= 4 is 39.3 Å². The third-order valence-electron chi connectivity index (χ3n) is 3.24. The van der Waals surface area contributed by atoms with E-state index < -0.39 is 0 Å². The lowest BCUT2D eigenvalue weighted by atomic mass is 10.00. The van der Waals surface area contributed by atoms with Crippen molar-refractivity contribution in [1.29, 1.82) is 0 Å². The zero-order valence-corrected chi connectivity index (χ0v) is 12.4.